The lowest BCUT2D eigenvalue weighted by Crippen LogP contribution is -3.00. The van der Waals surface area contributed by atoms with Crippen molar-refractivity contribution in [2.75, 3.05) is 0 Å². The number of halogens is 2. The molecule has 0 amide bonds. The predicted octanol–water partition coefficient (Wildman–Crippen LogP) is 5.46. The van der Waals surface area contributed by atoms with Crippen LogP contribution in [0.2, 0.25) is 0 Å². The summed E-state index contributed by atoms with van der Waals surface area (Å²) in [6, 6.07) is 9.10. The van der Waals surface area contributed by atoms with Crippen molar-refractivity contribution in [3.63, 3.8) is 0 Å². The summed E-state index contributed by atoms with van der Waals surface area (Å²) >= 11 is 0. The molecule has 0 saturated heterocycles. The molecule has 2 aromatic rings. The first-order valence-electron chi connectivity index (χ1n) is 18.8. The van der Waals surface area contributed by atoms with Gasteiger partial charge in [0.05, 0.1) is 0 Å². The SMILES string of the molecule is CCCCCCCCCCCCCC[n+]1cccc(CCc2ccc[n+](CCCCCCCCCCCCCC)c2)c1.[Cl-].[Cl-]. The summed E-state index contributed by atoms with van der Waals surface area (Å²) in [7, 11) is 0. The third kappa shape index (κ3) is 24.2. The Balaban J connectivity index is 0.00000924. The Kier molecular flexibility index (Phi) is 31.0. The average Bonchev–Trinajstić information content (AvgIpc) is 3.01. The van der Waals surface area contributed by atoms with Crippen molar-refractivity contribution < 1.29 is 33.9 Å². The van der Waals surface area contributed by atoms with Crippen LogP contribution in [0.3, 0.4) is 0 Å². The Morgan fingerprint density at radius 1 is 0.386 bits per heavy atom. The Bertz CT molecular complexity index is 800. The summed E-state index contributed by atoms with van der Waals surface area (Å²) in [5.41, 5.74) is 2.93. The van der Waals surface area contributed by atoms with Crippen LogP contribution in [-0.4, -0.2) is 0 Å². The lowest BCUT2D eigenvalue weighted by Gasteiger charge is -2.04. The van der Waals surface area contributed by atoms with Crippen molar-refractivity contribution >= 4 is 0 Å². The van der Waals surface area contributed by atoms with Crippen LogP contribution in [0.25, 0.3) is 0 Å². The smallest absolute Gasteiger partial charge is 0.171 e. The molecule has 0 fully saturated rings. The van der Waals surface area contributed by atoms with Crippen LogP contribution in [0.5, 0.6) is 0 Å². The van der Waals surface area contributed by atoms with E-state index in [1.165, 1.54) is 165 Å². The maximum absolute atomic E-state index is 2.42. The molecule has 0 aromatic carbocycles. The zero-order valence-corrected chi connectivity index (χ0v) is 30.6. The number of pyridine rings is 2. The van der Waals surface area contributed by atoms with Crippen LogP contribution < -0.4 is 33.9 Å². The summed E-state index contributed by atoms with van der Waals surface area (Å²) in [5, 5.41) is 0. The van der Waals surface area contributed by atoms with Gasteiger partial charge in [-0.2, -0.15) is 0 Å². The molecule has 2 nitrogen and oxygen atoms in total. The number of rotatable bonds is 29. The minimum Gasteiger partial charge on any atom is -1.00 e. The lowest BCUT2D eigenvalue weighted by molar-refractivity contribution is -0.698. The van der Waals surface area contributed by atoms with Crippen molar-refractivity contribution in [3.05, 3.63) is 60.2 Å². The first-order chi connectivity index (χ1) is 20.8. The highest BCUT2D eigenvalue weighted by Crippen LogP contribution is 2.13. The summed E-state index contributed by atoms with van der Waals surface area (Å²) in [5.74, 6) is 0. The molecule has 0 aliphatic carbocycles. The maximum Gasteiger partial charge on any atom is 0.171 e. The lowest BCUT2D eigenvalue weighted by atomic mass is 10.1. The van der Waals surface area contributed by atoms with Crippen LogP contribution in [0.15, 0.2) is 49.1 Å². The second kappa shape index (κ2) is 31.8. The average molecular weight is 650 g/mol. The van der Waals surface area contributed by atoms with E-state index in [0.717, 1.165) is 25.9 Å². The first kappa shape index (κ1) is 42.9. The van der Waals surface area contributed by atoms with E-state index < -0.39 is 0 Å². The molecule has 4 heteroatoms. The number of nitrogens with zero attached hydrogens (tertiary/aromatic N) is 2. The fraction of sp³-hybridized carbons (Fsp3) is 0.750. The highest BCUT2D eigenvalue weighted by Gasteiger charge is 2.07. The number of hydrogen-bond donors (Lipinski definition) is 0. The fourth-order valence-corrected chi connectivity index (χ4v) is 6.29. The van der Waals surface area contributed by atoms with Gasteiger partial charge in [-0.05, 0) is 37.8 Å². The monoisotopic (exact) mass is 648 g/mol. The molecule has 2 rings (SSSR count). The van der Waals surface area contributed by atoms with Crippen LogP contribution in [0.1, 0.15) is 179 Å². The van der Waals surface area contributed by atoms with Crippen molar-refractivity contribution in [1.29, 1.82) is 0 Å². The van der Waals surface area contributed by atoms with Gasteiger partial charge in [-0.3, -0.25) is 0 Å². The zero-order chi connectivity index (χ0) is 29.8. The second-order valence-electron chi connectivity index (χ2n) is 13.2. The van der Waals surface area contributed by atoms with Gasteiger partial charge in [0, 0.05) is 36.1 Å². The van der Waals surface area contributed by atoms with Gasteiger partial charge >= 0.3 is 0 Å². The Labute approximate surface area is 287 Å². The summed E-state index contributed by atoms with van der Waals surface area (Å²) in [6.07, 6.45) is 45.5. The van der Waals surface area contributed by atoms with Crippen molar-refractivity contribution in [2.24, 2.45) is 0 Å². The third-order valence-electron chi connectivity index (χ3n) is 9.08. The summed E-state index contributed by atoms with van der Waals surface area (Å²) < 4.78 is 4.84. The van der Waals surface area contributed by atoms with Crippen LogP contribution in [0.4, 0.5) is 0 Å². The van der Waals surface area contributed by atoms with Gasteiger partial charge in [0.2, 0.25) is 0 Å². The quantitative estimate of drug-likeness (QED) is 0.0818. The molecule has 2 aromatic heterocycles. The topological polar surface area (TPSA) is 7.76 Å². The highest BCUT2D eigenvalue weighted by atomic mass is 35.5. The largest absolute Gasteiger partial charge is 1.00 e. The van der Waals surface area contributed by atoms with Gasteiger partial charge in [-0.1, -0.05) is 142 Å². The van der Waals surface area contributed by atoms with Crippen LogP contribution in [0, 0.1) is 0 Å². The van der Waals surface area contributed by atoms with E-state index >= 15 is 0 Å². The molecule has 0 radical (unpaired) electrons. The van der Waals surface area contributed by atoms with E-state index in [4.69, 9.17) is 0 Å². The van der Waals surface area contributed by atoms with Gasteiger partial charge in [0.15, 0.2) is 24.8 Å². The van der Waals surface area contributed by atoms with Crippen molar-refractivity contribution in [1.82, 2.24) is 0 Å². The van der Waals surface area contributed by atoms with E-state index in [1.807, 2.05) is 0 Å². The molecule has 0 bridgehead atoms. The van der Waals surface area contributed by atoms with Crippen molar-refractivity contribution in [3.8, 4) is 0 Å². The molecular formula is C40H70Cl2N2. The minimum atomic E-state index is 0. The Hall–Kier alpha value is -1.12. The summed E-state index contributed by atoms with van der Waals surface area (Å²) in [4.78, 5) is 0. The number of hydrogen-bond acceptors (Lipinski definition) is 0. The van der Waals surface area contributed by atoms with E-state index in [2.05, 4.69) is 72.0 Å². The fourth-order valence-electron chi connectivity index (χ4n) is 6.29. The first-order valence-corrected chi connectivity index (χ1v) is 18.8. The molecule has 2 heterocycles. The molecular weight excluding hydrogens is 579 g/mol. The van der Waals surface area contributed by atoms with Crippen molar-refractivity contribution in [2.45, 2.75) is 194 Å². The van der Waals surface area contributed by atoms with Gasteiger partial charge < -0.3 is 24.8 Å². The van der Waals surface area contributed by atoms with E-state index in [-0.39, 0.29) is 24.8 Å². The zero-order valence-electron chi connectivity index (χ0n) is 29.1. The normalized spacial score (nSPS) is 10.9. The molecule has 0 atom stereocenters. The van der Waals surface area contributed by atoms with Crippen LogP contribution in [-0.2, 0) is 25.9 Å². The third-order valence-corrected chi connectivity index (χ3v) is 9.08. The predicted molar refractivity (Wildman–Crippen MR) is 183 cm³/mol. The van der Waals surface area contributed by atoms with E-state index in [0.29, 0.717) is 0 Å². The summed E-state index contributed by atoms with van der Waals surface area (Å²) in [6.45, 7) is 6.93. The Morgan fingerprint density at radius 3 is 0.955 bits per heavy atom. The van der Waals surface area contributed by atoms with Gasteiger partial charge in [-0.25, -0.2) is 9.13 Å². The van der Waals surface area contributed by atoms with Gasteiger partial charge in [-0.15, -0.1) is 0 Å². The van der Waals surface area contributed by atoms with E-state index in [1.54, 1.807) is 0 Å². The molecule has 0 N–H and O–H groups in total. The second-order valence-corrected chi connectivity index (χ2v) is 13.2. The van der Waals surface area contributed by atoms with E-state index in [9.17, 15) is 0 Å². The Morgan fingerprint density at radius 2 is 0.659 bits per heavy atom. The molecule has 254 valence electrons. The molecule has 0 unspecified atom stereocenters. The number of aromatic nitrogens is 2. The highest BCUT2D eigenvalue weighted by molar-refractivity contribution is 5.11. The molecule has 0 aliphatic rings. The molecule has 0 spiro atoms. The standard InChI is InChI=1S/C40H70N2.2ClH/c1-3-5-7-9-11-13-15-17-19-21-23-25-33-41-35-27-29-39(37-41)31-32-40-30-28-36-42(38-40)34-26-24-22-20-18-16-14-12-10-8-6-4-2;;/h27-30,35-38H,3-26,31-34H2,1-2H3;2*1H/q+2;;/p-2. The number of unbranched alkanes of at least 4 members (excludes halogenated alkanes) is 22. The molecule has 0 aliphatic heterocycles. The number of aryl methyl sites for hydroxylation is 4. The van der Waals surface area contributed by atoms with Gasteiger partial charge in [0.1, 0.15) is 13.1 Å². The van der Waals surface area contributed by atoms with Crippen LogP contribution >= 0.6 is 0 Å². The molecule has 44 heavy (non-hydrogen) atoms. The minimum absolute atomic E-state index is 0. The maximum atomic E-state index is 2.42. The molecule has 0 saturated carbocycles. The van der Waals surface area contributed by atoms with Gasteiger partial charge in [0.25, 0.3) is 0 Å².